The summed E-state index contributed by atoms with van der Waals surface area (Å²) in [4.78, 5) is 17.3. The zero-order valence-corrected chi connectivity index (χ0v) is 15.2. The number of rotatable bonds is 4. The molecule has 0 unspecified atom stereocenters. The van der Waals surface area contributed by atoms with Crippen LogP contribution in [0.15, 0.2) is 54.1 Å². The van der Waals surface area contributed by atoms with E-state index in [4.69, 9.17) is 0 Å². The molecule has 0 saturated carbocycles. The second-order valence-electron chi connectivity index (χ2n) is 6.64. The van der Waals surface area contributed by atoms with Crippen molar-refractivity contribution >= 4 is 17.6 Å². The fourth-order valence-corrected chi connectivity index (χ4v) is 3.15. The van der Waals surface area contributed by atoms with Crippen molar-refractivity contribution in [3.63, 3.8) is 0 Å². The SMILES string of the molecule is Cc1cccc(C=CC=C2CCN(c3nc(C)ccc3[N+](=O)[O-])CC2)c1. The van der Waals surface area contributed by atoms with Gasteiger partial charge in [0.15, 0.2) is 0 Å². The average Bonchev–Trinajstić information content (AvgIpc) is 2.62. The largest absolute Gasteiger partial charge is 0.350 e. The Morgan fingerprint density at radius 2 is 1.92 bits per heavy atom. The summed E-state index contributed by atoms with van der Waals surface area (Å²) in [6.45, 7) is 5.45. The molecule has 1 aliphatic heterocycles. The van der Waals surface area contributed by atoms with Gasteiger partial charge in [0.1, 0.15) is 0 Å². The summed E-state index contributed by atoms with van der Waals surface area (Å²) < 4.78 is 0. The fourth-order valence-electron chi connectivity index (χ4n) is 3.15. The van der Waals surface area contributed by atoms with Crippen molar-refractivity contribution in [1.82, 2.24) is 4.98 Å². The molecule has 2 heterocycles. The van der Waals surface area contributed by atoms with Crippen LogP contribution in [0, 0.1) is 24.0 Å². The van der Waals surface area contributed by atoms with Gasteiger partial charge in [0.05, 0.1) is 4.92 Å². The summed E-state index contributed by atoms with van der Waals surface area (Å²) >= 11 is 0. The number of benzene rings is 1. The van der Waals surface area contributed by atoms with Crippen molar-refractivity contribution < 1.29 is 4.92 Å². The molecular formula is C21H23N3O2. The van der Waals surface area contributed by atoms with Crippen LogP contribution in [-0.4, -0.2) is 23.0 Å². The van der Waals surface area contributed by atoms with Crippen molar-refractivity contribution in [2.75, 3.05) is 18.0 Å². The normalized spacial score (nSPS) is 14.7. The summed E-state index contributed by atoms with van der Waals surface area (Å²) in [5.74, 6) is 0.490. The third kappa shape index (κ3) is 4.36. The number of nitro groups is 1. The Labute approximate surface area is 153 Å². The van der Waals surface area contributed by atoms with Gasteiger partial charge >= 0.3 is 5.69 Å². The molecule has 0 aliphatic carbocycles. The molecule has 1 fully saturated rings. The number of piperidine rings is 1. The predicted octanol–water partition coefficient (Wildman–Crippen LogP) is 4.85. The van der Waals surface area contributed by atoms with Crippen LogP contribution in [-0.2, 0) is 0 Å². The highest BCUT2D eigenvalue weighted by Gasteiger charge is 2.23. The number of hydrogen-bond donors (Lipinski definition) is 0. The molecule has 1 aliphatic rings. The highest BCUT2D eigenvalue weighted by Crippen LogP contribution is 2.29. The lowest BCUT2D eigenvalue weighted by Gasteiger charge is -2.29. The summed E-state index contributed by atoms with van der Waals surface area (Å²) in [6, 6.07) is 11.6. The van der Waals surface area contributed by atoms with Gasteiger partial charge in [-0.2, -0.15) is 0 Å². The van der Waals surface area contributed by atoms with Gasteiger partial charge in [0.25, 0.3) is 0 Å². The zero-order valence-electron chi connectivity index (χ0n) is 15.2. The van der Waals surface area contributed by atoms with Gasteiger partial charge in [0.2, 0.25) is 5.82 Å². The Morgan fingerprint density at radius 3 is 2.62 bits per heavy atom. The number of pyridine rings is 1. The molecule has 5 nitrogen and oxygen atoms in total. The molecule has 5 heteroatoms. The van der Waals surface area contributed by atoms with Crippen LogP contribution in [0.2, 0.25) is 0 Å². The van der Waals surface area contributed by atoms with Gasteiger partial charge in [-0.05, 0) is 38.3 Å². The molecule has 0 amide bonds. The number of aromatic nitrogens is 1. The molecule has 1 saturated heterocycles. The predicted molar refractivity (Wildman–Crippen MR) is 105 cm³/mol. The smallest absolute Gasteiger partial charge is 0.311 e. The fraction of sp³-hybridized carbons (Fsp3) is 0.286. The van der Waals surface area contributed by atoms with Crippen LogP contribution < -0.4 is 4.90 Å². The van der Waals surface area contributed by atoms with Gasteiger partial charge in [-0.15, -0.1) is 0 Å². The third-order valence-electron chi connectivity index (χ3n) is 4.56. The second kappa shape index (κ2) is 7.95. The topological polar surface area (TPSA) is 59.3 Å². The average molecular weight is 349 g/mol. The first-order valence-electron chi connectivity index (χ1n) is 8.83. The van der Waals surface area contributed by atoms with E-state index >= 15 is 0 Å². The monoisotopic (exact) mass is 349 g/mol. The lowest BCUT2D eigenvalue weighted by Crippen LogP contribution is -2.32. The maximum Gasteiger partial charge on any atom is 0.311 e. The minimum absolute atomic E-state index is 0.0855. The molecular weight excluding hydrogens is 326 g/mol. The van der Waals surface area contributed by atoms with Gasteiger partial charge in [0, 0.05) is 24.8 Å². The van der Waals surface area contributed by atoms with E-state index in [1.165, 1.54) is 16.7 Å². The molecule has 0 bridgehead atoms. The Kier molecular flexibility index (Phi) is 5.46. The summed E-state index contributed by atoms with van der Waals surface area (Å²) in [5, 5.41) is 11.3. The van der Waals surface area contributed by atoms with E-state index in [9.17, 15) is 10.1 Å². The highest BCUT2D eigenvalue weighted by atomic mass is 16.6. The zero-order chi connectivity index (χ0) is 18.5. The van der Waals surface area contributed by atoms with Crippen LogP contribution in [0.1, 0.15) is 29.7 Å². The first-order valence-corrected chi connectivity index (χ1v) is 8.83. The number of nitrogens with zero attached hydrogens (tertiary/aromatic N) is 3. The van der Waals surface area contributed by atoms with Crippen molar-refractivity contribution in [2.24, 2.45) is 0 Å². The quantitative estimate of drug-likeness (QED) is 0.585. The third-order valence-corrected chi connectivity index (χ3v) is 4.56. The Bertz CT molecular complexity index is 861. The van der Waals surface area contributed by atoms with E-state index in [0.29, 0.717) is 5.82 Å². The molecule has 0 spiro atoms. The van der Waals surface area contributed by atoms with E-state index in [0.717, 1.165) is 31.6 Å². The highest BCUT2D eigenvalue weighted by molar-refractivity contribution is 5.59. The maximum atomic E-state index is 11.3. The molecule has 1 aromatic heterocycles. The number of aryl methyl sites for hydroxylation is 2. The van der Waals surface area contributed by atoms with Crippen LogP contribution in [0.3, 0.4) is 0 Å². The van der Waals surface area contributed by atoms with Crippen LogP contribution in [0.4, 0.5) is 11.5 Å². The maximum absolute atomic E-state index is 11.3. The summed E-state index contributed by atoms with van der Waals surface area (Å²) in [5.41, 5.74) is 4.69. The van der Waals surface area contributed by atoms with E-state index in [-0.39, 0.29) is 10.6 Å². The van der Waals surface area contributed by atoms with Gasteiger partial charge < -0.3 is 4.90 Å². The van der Waals surface area contributed by atoms with E-state index in [1.54, 1.807) is 12.1 Å². The van der Waals surface area contributed by atoms with Gasteiger partial charge in [-0.3, -0.25) is 10.1 Å². The van der Waals surface area contributed by atoms with Crippen molar-refractivity contribution in [1.29, 1.82) is 0 Å². The van der Waals surface area contributed by atoms with E-state index < -0.39 is 0 Å². The molecule has 2 aromatic rings. The van der Waals surface area contributed by atoms with Crippen molar-refractivity contribution in [3.8, 4) is 0 Å². The van der Waals surface area contributed by atoms with Crippen molar-refractivity contribution in [3.05, 3.63) is 81.1 Å². The van der Waals surface area contributed by atoms with Gasteiger partial charge in [-0.1, -0.05) is 53.6 Å². The number of hydrogen-bond acceptors (Lipinski definition) is 4. The Hall–Kier alpha value is -2.95. The van der Waals surface area contributed by atoms with Gasteiger partial charge in [-0.25, -0.2) is 4.98 Å². The molecule has 0 atom stereocenters. The molecule has 0 radical (unpaired) electrons. The van der Waals surface area contributed by atoms with E-state index in [2.05, 4.69) is 54.4 Å². The van der Waals surface area contributed by atoms with Crippen LogP contribution in [0.5, 0.6) is 0 Å². The number of anilines is 1. The van der Waals surface area contributed by atoms with Crippen molar-refractivity contribution in [2.45, 2.75) is 26.7 Å². The second-order valence-corrected chi connectivity index (χ2v) is 6.64. The molecule has 134 valence electrons. The lowest BCUT2D eigenvalue weighted by molar-refractivity contribution is -0.384. The molecule has 26 heavy (non-hydrogen) atoms. The van der Waals surface area contributed by atoms with Crippen LogP contribution >= 0.6 is 0 Å². The van der Waals surface area contributed by atoms with E-state index in [1.807, 2.05) is 11.8 Å². The van der Waals surface area contributed by atoms with Crippen LogP contribution in [0.25, 0.3) is 6.08 Å². The summed E-state index contributed by atoms with van der Waals surface area (Å²) in [6.07, 6.45) is 8.15. The Morgan fingerprint density at radius 1 is 1.15 bits per heavy atom. The Balaban J connectivity index is 1.66. The molecule has 0 N–H and O–H groups in total. The summed E-state index contributed by atoms with van der Waals surface area (Å²) in [7, 11) is 0. The first-order chi connectivity index (χ1) is 12.5. The minimum Gasteiger partial charge on any atom is -0.350 e. The molecule has 1 aromatic carbocycles. The first kappa shape index (κ1) is 17.9. The number of allylic oxidation sites excluding steroid dienone is 2. The standard InChI is InChI=1S/C21H23N3O2/c1-16-5-3-7-19(15-16)8-4-6-18-11-13-23(14-12-18)21-20(24(25)26)10-9-17(2)22-21/h3-10,15H,11-14H2,1-2H3. The molecule has 3 rings (SSSR count). The minimum atomic E-state index is -0.349. The lowest BCUT2D eigenvalue weighted by atomic mass is 10.0.